The number of anilines is 2. The van der Waals surface area contributed by atoms with Crippen molar-refractivity contribution in [2.24, 2.45) is 0 Å². The van der Waals surface area contributed by atoms with Crippen molar-refractivity contribution in [3.8, 4) is 0 Å². The van der Waals surface area contributed by atoms with Crippen LogP contribution in [0.1, 0.15) is 20.7 Å². The molecule has 0 saturated heterocycles. The van der Waals surface area contributed by atoms with Gasteiger partial charge in [-0.15, -0.1) is 0 Å². The van der Waals surface area contributed by atoms with E-state index in [1.807, 2.05) is 0 Å². The molecule has 0 aromatic heterocycles. The zero-order valence-corrected chi connectivity index (χ0v) is 15.9. The van der Waals surface area contributed by atoms with Crippen molar-refractivity contribution in [1.82, 2.24) is 0 Å². The third kappa shape index (κ3) is 3.04. The predicted octanol–water partition coefficient (Wildman–Crippen LogP) is 3.94. The molecular formula is C20H13ClN2O4S. The minimum absolute atomic E-state index is 0.0342. The summed E-state index contributed by atoms with van der Waals surface area (Å²) in [4.78, 5) is 25.0. The van der Waals surface area contributed by atoms with Crippen LogP contribution in [0.3, 0.4) is 0 Å². The topological polar surface area (TPSA) is 83.6 Å². The van der Waals surface area contributed by atoms with E-state index < -0.39 is 21.8 Å². The highest BCUT2D eigenvalue weighted by Crippen LogP contribution is 2.35. The fourth-order valence-corrected chi connectivity index (χ4v) is 4.67. The molecule has 3 aromatic rings. The van der Waals surface area contributed by atoms with Crippen LogP contribution in [0.4, 0.5) is 11.4 Å². The second-order valence-electron chi connectivity index (χ2n) is 6.08. The Kier molecular flexibility index (Phi) is 4.41. The molecule has 8 heteroatoms. The number of nitrogens with zero attached hydrogens (tertiary/aromatic N) is 1. The van der Waals surface area contributed by atoms with Crippen LogP contribution >= 0.6 is 11.6 Å². The molecule has 0 spiro atoms. The van der Waals surface area contributed by atoms with E-state index in [2.05, 4.69) is 5.32 Å². The number of amides is 2. The van der Waals surface area contributed by atoms with Crippen molar-refractivity contribution in [3.05, 3.63) is 88.9 Å². The van der Waals surface area contributed by atoms with Crippen LogP contribution < -0.4 is 9.62 Å². The molecule has 3 aromatic carbocycles. The Balaban J connectivity index is 1.69. The molecule has 0 atom stereocenters. The fraction of sp³-hybridized carbons (Fsp3) is 0. The standard InChI is InChI=1S/C20H13ClN2O4S/c21-14-7-9-15(10-8-14)22-19(24)13-6-11-17-18(12-13)28(26,27)23(20(17)25)16-4-2-1-3-5-16/h1-12H,(H,22,24). The van der Waals surface area contributed by atoms with E-state index in [1.54, 1.807) is 42.5 Å². The van der Waals surface area contributed by atoms with Gasteiger partial charge in [0.15, 0.2) is 0 Å². The molecule has 140 valence electrons. The lowest BCUT2D eigenvalue weighted by Crippen LogP contribution is -2.29. The molecule has 0 radical (unpaired) electrons. The molecule has 2 amide bonds. The highest BCUT2D eigenvalue weighted by atomic mass is 35.5. The van der Waals surface area contributed by atoms with E-state index in [-0.39, 0.29) is 21.7 Å². The molecule has 0 fully saturated rings. The Hall–Kier alpha value is -3.16. The average molecular weight is 413 g/mol. The molecule has 0 bridgehead atoms. The predicted molar refractivity (Wildman–Crippen MR) is 106 cm³/mol. The lowest BCUT2D eigenvalue weighted by Gasteiger charge is -2.14. The van der Waals surface area contributed by atoms with Gasteiger partial charge < -0.3 is 5.32 Å². The Bertz CT molecular complexity index is 1190. The summed E-state index contributed by atoms with van der Waals surface area (Å²) < 4.78 is 26.6. The van der Waals surface area contributed by atoms with E-state index in [0.29, 0.717) is 10.7 Å². The van der Waals surface area contributed by atoms with Crippen molar-refractivity contribution in [2.45, 2.75) is 4.90 Å². The molecule has 4 rings (SSSR count). The number of rotatable bonds is 3. The van der Waals surface area contributed by atoms with Gasteiger partial charge in [-0.2, -0.15) is 4.31 Å². The van der Waals surface area contributed by atoms with Gasteiger partial charge in [-0.3, -0.25) is 9.59 Å². The quantitative estimate of drug-likeness (QED) is 0.706. The maximum atomic E-state index is 12.9. The second-order valence-corrected chi connectivity index (χ2v) is 8.27. The molecule has 0 saturated carbocycles. The van der Waals surface area contributed by atoms with Crippen molar-refractivity contribution in [1.29, 1.82) is 0 Å². The summed E-state index contributed by atoms with van der Waals surface area (Å²) in [7, 11) is -4.10. The maximum absolute atomic E-state index is 12.9. The SMILES string of the molecule is O=C(Nc1ccc(Cl)cc1)c1ccc2c(c1)S(=O)(=O)N(c1ccccc1)C2=O. The smallest absolute Gasteiger partial charge is 0.273 e. The number of nitrogens with one attached hydrogen (secondary N) is 1. The van der Waals surface area contributed by atoms with Gasteiger partial charge in [-0.05, 0) is 54.6 Å². The number of fused-ring (bicyclic) bond motifs is 1. The summed E-state index contributed by atoms with van der Waals surface area (Å²) in [6.45, 7) is 0. The van der Waals surface area contributed by atoms with E-state index in [0.717, 1.165) is 4.31 Å². The summed E-state index contributed by atoms with van der Waals surface area (Å²) in [5, 5.41) is 3.20. The highest BCUT2D eigenvalue weighted by Gasteiger charge is 2.42. The van der Waals surface area contributed by atoms with E-state index >= 15 is 0 Å². The minimum Gasteiger partial charge on any atom is -0.322 e. The molecule has 1 aliphatic heterocycles. The molecule has 1 aliphatic rings. The summed E-state index contributed by atoms with van der Waals surface area (Å²) >= 11 is 5.82. The van der Waals surface area contributed by atoms with Gasteiger partial charge in [0.05, 0.1) is 11.3 Å². The van der Waals surface area contributed by atoms with Crippen molar-refractivity contribution < 1.29 is 18.0 Å². The Labute approximate surface area is 166 Å². The summed E-state index contributed by atoms with van der Waals surface area (Å²) in [6.07, 6.45) is 0. The molecule has 0 aliphatic carbocycles. The molecule has 1 heterocycles. The van der Waals surface area contributed by atoms with Crippen LogP contribution in [0.15, 0.2) is 77.7 Å². The highest BCUT2D eigenvalue weighted by molar-refractivity contribution is 7.94. The van der Waals surface area contributed by atoms with Gasteiger partial charge in [0.1, 0.15) is 4.90 Å². The molecule has 28 heavy (non-hydrogen) atoms. The number of carbonyl (C=O) groups excluding carboxylic acids is 2. The van der Waals surface area contributed by atoms with Crippen LogP contribution in [0.25, 0.3) is 0 Å². The number of benzene rings is 3. The second kappa shape index (κ2) is 6.78. The number of para-hydroxylation sites is 1. The molecular weight excluding hydrogens is 400 g/mol. The van der Waals surface area contributed by atoms with Crippen molar-refractivity contribution >= 4 is 44.8 Å². The summed E-state index contributed by atoms with van der Waals surface area (Å²) in [5.74, 6) is -1.14. The van der Waals surface area contributed by atoms with E-state index in [9.17, 15) is 18.0 Å². The van der Waals surface area contributed by atoms with E-state index in [4.69, 9.17) is 11.6 Å². The van der Waals surface area contributed by atoms with Gasteiger partial charge in [-0.1, -0.05) is 29.8 Å². The van der Waals surface area contributed by atoms with Gasteiger partial charge >= 0.3 is 0 Å². The maximum Gasteiger partial charge on any atom is 0.273 e. The van der Waals surface area contributed by atoms with Crippen LogP contribution in [-0.2, 0) is 10.0 Å². The number of halogens is 1. The van der Waals surface area contributed by atoms with Gasteiger partial charge in [-0.25, -0.2) is 8.42 Å². The summed E-state index contributed by atoms with van der Waals surface area (Å²) in [6, 6.07) is 18.6. The monoisotopic (exact) mass is 412 g/mol. The Morgan fingerprint density at radius 3 is 2.29 bits per heavy atom. The zero-order chi connectivity index (χ0) is 19.9. The van der Waals surface area contributed by atoms with Crippen molar-refractivity contribution in [2.75, 3.05) is 9.62 Å². The zero-order valence-electron chi connectivity index (χ0n) is 14.3. The van der Waals surface area contributed by atoms with E-state index in [1.165, 1.54) is 30.3 Å². The Morgan fingerprint density at radius 1 is 0.929 bits per heavy atom. The largest absolute Gasteiger partial charge is 0.322 e. The van der Waals surface area contributed by atoms with Crippen LogP contribution in [0.2, 0.25) is 5.02 Å². The van der Waals surface area contributed by atoms with Crippen LogP contribution in [0.5, 0.6) is 0 Å². The Morgan fingerprint density at radius 2 is 1.61 bits per heavy atom. The van der Waals surface area contributed by atoms with Gasteiger partial charge in [0, 0.05) is 16.3 Å². The first kappa shape index (κ1) is 18.2. The first-order valence-corrected chi connectivity index (χ1v) is 10.1. The summed E-state index contributed by atoms with van der Waals surface area (Å²) in [5.41, 5.74) is 0.919. The van der Waals surface area contributed by atoms with Crippen LogP contribution in [-0.4, -0.2) is 20.2 Å². The first-order chi connectivity index (χ1) is 13.4. The van der Waals surface area contributed by atoms with Gasteiger partial charge in [0.2, 0.25) is 0 Å². The molecule has 1 N–H and O–H groups in total. The number of carbonyl (C=O) groups is 2. The third-order valence-electron chi connectivity index (χ3n) is 4.27. The third-order valence-corrected chi connectivity index (χ3v) is 6.27. The van der Waals surface area contributed by atoms with Gasteiger partial charge in [0.25, 0.3) is 21.8 Å². The number of sulfonamides is 1. The number of hydrogen-bond donors (Lipinski definition) is 1. The lowest BCUT2D eigenvalue weighted by molar-refractivity contribution is 0.100. The number of hydrogen-bond acceptors (Lipinski definition) is 4. The molecule has 6 nitrogen and oxygen atoms in total. The normalized spacial score (nSPS) is 14.6. The first-order valence-electron chi connectivity index (χ1n) is 8.23. The fourth-order valence-electron chi connectivity index (χ4n) is 2.93. The van der Waals surface area contributed by atoms with Crippen molar-refractivity contribution in [3.63, 3.8) is 0 Å². The molecule has 0 unspecified atom stereocenters. The van der Waals surface area contributed by atoms with Crippen LogP contribution in [0, 0.1) is 0 Å². The lowest BCUT2D eigenvalue weighted by atomic mass is 10.1. The average Bonchev–Trinajstić information content (AvgIpc) is 2.89. The minimum atomic E-state index is -4.10.